The van der Waals surface area contributed by atoms with Gasteiger partial charge in [-0.25, -0.2) is 0 Å². The molecular formula is C23H23Cl2N5O4. The lowest BCUT2D eigenvalue weighted by molar-refractivity contribution is -0.150. The maximum absolute atomic E-state index is 13.1. The van der Waals surface area contributed by atoms with Gasteiger partial charge in [0, 0.05) is 35.1 Å². The summed E-state index contributed by atoms with van der Waals surface area (Å²) in [4.78, 5) is 35.7. The molecule has 5 rings (SSSR count). The number of hydrogen-bond acceptors (Lipinski definition) is 7. The van der Waals surface area contributed by atoms with Crippen LogP contribution in [0.15, 0.2) is 59.7 Å². The number of halogens is 2. The summed E-state index contributed by atoms with van der Waals surface area (Å²) >= 11 is 0. The first-order valence-corrected chi connectivity index (χ1v) is 10.2. The van der Waals surface area contributed by atoms with E-state index in [2.05, 4.69) is 15.3 Å². The Kier molecular flexibility index (Phi) is 7.73. The number of nitrogens with zero attached hydrogens (tertiary/aromatic N) is 3. The molecule has 1 aromatic heterocycles. The fraction of sp³-hybridized carbons (Fsp3) is 0.217. The minimum Gasteiger partial charge on any atom is -0.383 e. The van der Waals surface area contributed by atoms with Gasteiger partial charge in [-0.3, -0.25) is 19.6 Å². The number of anilines is 2. The molecule has 3 heterocycles. The lowest BCUT2D eigenvalue weighted by atomic mass is 10.1. The number of aromatic nitrogens is 1. The van der Waals surface area contributed by atoms with Crippen molar-refractivity contribution in [3.8, 4) is 0 Å². The summed E-state index contributed by atoms with van der Waals surface area (Å²) < 4.78 is 5.49. The first kappa shape index (κ1) is 25.4. The molecule has 2 aromatic carbocycles. The van der Waals surface area contributed by atoms with Gasteiger partial charge in [-0.2, -0.15) is 0 Å². The van der Waals surface area contributed by atoms with E-state index >= 15 is 0 Å². The van der Waals surface area contributed by atoms with Gasteiger partial charge < -0.3 is 25.8 Å². The number of carbonyl (C=O) groups is 2. The van der Waals surface area contributed by atoms with E-state index in [9.17, 15) is 14.7 Å². The summed E-state index contributed by atoms with van der Waals surface area (Å²) in [6.45, 7) is 0.942. The van der Waals surface area contributed by atoms with Gasteiger partial charge in [0.1, 0.15) is 5.84 Å². The summed E-state index contributed by atoms with van der Waals surface area (Å²) in [7, 11) is 0. The molecule has 34 heavy (non-hydrogen) atoms. The van der Waals surface area contributed by atoms with E-state index in [4.69, 9.17) is 10.5 Å². The standard InChI is InChI=1S/C23H21N5O4.2ClH/c24-21-17-6-4-15(10-14(17)12-26-21)27-22(30)19(29)20-23(31)28(8-9-32-20)16-5-3-13-2-1-7-25-18(13)11-16;;/h1-7,10-11,19-20,29H,8-9,12H2,(H2,24,26)(H,27,30);2*1H/t19-,20-;;/m1../s1. The third-order valence-electron chi connectivity index (χ3n) is 5.65. The van der Waals surface area contributed by atoms with E-state index in [0.29, 0.717) is 30.3 Å². The number of pyridine rings is 1. The van der Waals surface area contributed by atoms with Gasteiger partial charge in [0.15, 0.2) is 12.2 Å². The number of rotatable bonds is 4. The Labute approximate surface area is 207 Å². The molecule has 9 nitrogen and oxygen atoms in total. The number of benzene rings is 2. The van der Waals surface area contributed by atoms with Crippen molar-refractivity contribution < 1.29 is 19.4 Å². The van der Waals surface area contributed by atoms with Gasteiger partial charge in [-0.15, -0.1) is 24.8 Å². The molecule has 1 fully saturated rings. The molecule has 0 saturated carbocycles. The van der Waals surface area contributed by atoms with E-state index in [1.54, 1.807) is 30.5 Å². The normalized spacial score (nSPS) is 17.8. The van der Waals surface area contributed by atoms with Crippen molar-refractivity contribution in [1.82, 2.24) is 4.98 Å². The van der Waals surface area contributed by atoms with E-state index in [0.717, 1.165) is 22.0 Å². The fourth-order valence-corrected chi connectivity index (χ4v) is 3.97. The van der Waals surface area contributed by atoms with Crippen molar-refractivity contribution in [3.63, 3.8) is 0 Å². The molecule has 2 atom stereocenters. The Bertz CT molecular complexity index is 1270. The summed E-state index contributed by atoms with van der Waals surface area (Å²) in [6.07, 6.45) is -1.29. The summed E-state index contributed by atoms with van der Waals surface area (Å²) in [5, 5.41) is 14.2. The number of amidine groups is 1. The van der Waals surface area contributed by atoms with Gasteiger partial charge in [-0.1, -0.05) is 12.1 Å². The second-order valence-electron chi connectivity index (χ2n) is 7.67. The van der Waals surface area contributed by atoms with Crippen LogP contribution in [0.5, 0.6) is 0 Å². The monoisotopic (exact) mass is 503 g/mol. The van der Waals surface area contributed by atoms with Crippen LogP contribution in [-0.2, 0) is 20.9 Å². The van der Waals surface area contributed by atoms with Crippen molar-refractivity contribution in [3.05, 3.63) is 65.9 Å². The molecule has 2 amide bonds. The van der Waals surface area contributed by atoms with Crippen LogP contribution < -0.4 is 16.0 Å². The highest BCUT2D eigenvalue weighted by Gasteiger charge is 2.39. The molecule has 4 N–H and O–H groups in total. The van der Waals surface area contributed by atoms with E-state index in [1.807, 2.05) is 24.3 Å². The zero-order chi connectivity index (χ0) is 22.2. The van der Waals surface area contributed by atoms with Gasteiger partial charge in [-0.05, 0) is 42.0 Å². The lowest BCUT2D eigenvalue weighted by Gasteiger charge is -2.34. The number of nitrogens with two attached hydrogens (primary N) is 1. The molecule has 0 bridgehead atoms. The van der Waals surface area contributed by atoms with Crippen LogP contribution in [0, 0.1) is 0 Å². The summed E-state index contributed by atoms with van der Waals surface area (Å²) in [5.41, 5.74) is 9.40. The number of amides is 2. The molecule has 2 aliphatic heterocycles. The number of aliphatic hydroxyl groups excluding tert-OH is 1. The van der Waals surface area contributed by atoms with Gasteiger partial charge >= 0.3 is 0 Å². The van der Waals surface area contributed by atoms with Crippen molar-refractivity contribution >= 4 is 64.7 Å². The number of morpholine rings is 1. The number of aliphatic imine (C=N–C) groups is 1. The second kappa shape index (κ2) is 10.4. The molecule has 178 valence electrons. The van der Waals surface area contributed by atoms with Crippen LogP contribution >= 0.6 is 24.8 Å². The van der Waals surface area contributed by atoms with Crippen LogP contribution in [0.1, 0.15) is 11.1 Å². The quantitative estimate of drug-likeness (QED) is 0.499. The second-order valence-corrected chi connectivity index (χ2v) is 7.67. The van der Waals surface area contributed by atoms with Crippen LogP contribution in [-0.4, -0.2) is 53.1 Å². The summed E-state index contributed by atoms with van der Waals surface area (Å²) in [5.74, 6) is -0.746. The molecule has 0 unspecified atom stereocenters. The molecule has 3 aromatic rings. The minimum atomic E-state index is -1.67. The highest BCUT2D eigenvalue weighted by atomic mass is 35.5. The Morgan fingerprint density at radius 1 is 1.21 bits per heavy atom. The van der Waals surface area contributed by atoms with Crippen LogP contribution in [0.3, 0.4) is 0 Å². The van der Waals surface area contributed by atoms with Gasteiger partial charge in [0.2, 0.25) is 0 Å². The molecule has 0 radical (unpaired) electrons. The lowest BCUT2D eigenvalue weighted by Crippen LogP contribution is -2.55. The number of nitrogens with one attached hydrogen (secondary N) is 1. The minimum absolute atomic E-state index is 0. The van der Waals surface area contributed by atoms with E-state index in [1.165, 1.54) is 4.90 Å². The maximum Gasteiger partial charge on any atom is 0.259 e. The predicted octanol–water partition coefficient (Wildman–Crippen LogP) is 2.03. The predicted molar refractivity (Wildman–Crippen MR) is 134 cm³/mol. The molecule has 2 aliphatic rings. The van der Waals surface area contributed by atoms with Crippen LogP contribution in [0.25, 0.3) is 10.9 Å². The third kappa shape index (κ3) is 4.69. The zero-order valence-electron chi connectivity index (χ0n) is 17.9. The third-order valence-corrected chi connectivity index (χ3v) is 5.65. The van der Waals surface area contributed by atoms with Crippen molar-refractivity contribution in [2.24, 2.45) is 10.7 Å². The Morgan fingerprint density at radius 2 is 2.03 bits per heavy atom. The average Bonchev–Trinajstić information content (AvgIpc) is 3.18. The van der Waals surface area contributed by atoms with Crippen molar-refractivity contribution in [1.29, 1.82) is 0 Å². The SMILES string of the molecule is Cl.Cl.NC1=NCc2cc(NC(=O)[C@H](O)[C@H]3OCCN(c4ccc5cccnc5c4)C3=O)ccc21. The number of ether oxygens (including phenoxy) is 1. The van der Waals surface area contributed by atoms with Gasteiger partial charge in [0.05, 0.1) is 18.7 Å². The number of fused-ring (bicyclic) bond motifs is 2. The highest BCUT2D eigenvalue weighted by Crippen LogP contribution is 2.25. The van der Waals surface area contributed by atoms with E-state index < -0.39 is 24.0 Å². The first-order chi connectivity index (χ1) is 15.5. The Balaban J connectivity index is 0.00000162. The fourth-order valence-electron chi connectivity index (χ4n) is 3.97. The first-order valence-electron chi connectivity index (χ1n) is 10.2. The zero-order valence-corrected chi connectivity index (χ0v) is 19.5. The maximum atomic E-state index is 13.1. The molecule has 0 spiro atoms. The molecule has 1 saturated heterocycles. The highest BCUT2D eigenvalue weighted by molar-refractivity contribution is 6.05. The number of carbonyl (C=O) groups excluding carboxylic acids is 2. The Morgan fingerprint density at radius 3 is 2.85 bits per heavy atom. The van der Waals surface area contributed by atoms with Crippen LogP contribution in [0.2, 0.25) is 0 Å². The number of hydrogen-bond donors (Lipinski definition) is 3. The van der Waals surface area contributed by atoms with Gasteiger partial charge in [0.25, 0.3) is 11.8 Å². The largest absolute Gasteiger partial charge is 0.383 e. The smallest absolute Gasteiger partial charge is 0.259 e. The molecular weight excluding hydrogens is 481 g/mol. The number of aliphatic hydroxyl groups is 1. The molecule has 11 heteroatoms. The van der Waals surface area contributed by atoms with Crippen molar-refractivity contribution in [2.75, 3.05) is 23.4 Å². The van der Waals surface area contributed by atoms with Crippen LogP contribution in [0.4, 0.5) is 11.4 Å². The topological polar surface area (TPSA) is 130 Å². The summed E-state index contributed by atoms with van der Waals surface area (Å²) in [6, 6.07) is 14.5. The van der Waals surface area contributed by atoms with E-state index in [-0.39, 0.29) is 31.4 Å². The Hall–Kier alpha value is -3.24. The van der Waals surface area contributed by atoms with Crippen molar-refractivity contribution in [2.45, 2.75) is 18.8 Å². The molecule has 0 aliphatic carbocycles. The average molecular weight is 504 g/mol.